The number of amides is 1. The monoisotopic (exact) mass is 411 g/mol. The summed E-state index contributed by atoms with van der Waals surface area (Å²) in [4.78, 5) is 17.4. The van der Waals surface area contributed by atoms with Crippen LogP contribution in [0.2, 0.25) is 0 Å². The van der Waals surface area contributed by atoms with E-state index in [1.807, 2.05) is 48.5 Å². The Morgan fingerprint density at radius 1 is 0.935 bits per heavy atom. The summed E-state index contributed by atoms with van der Waals surface area (Å²) in [6.45, 7) is 5.79. The Balaban J connectivity index is 1.42. The molecule has 4 nitrogen and oxygen atoms in total. The molecule has 1 amide bonds. The van der Waals surface area contributed by atoms with Gasteiger partial charge in [0.1, 0.15) is 5.82 Å². The van der Waals surface area contributed by atoms with Crippen molar-refractivity contribution >= 4 is 16.9 Å². The molecule has 0 aliphatic carbocycles. The first-order valence-corrected chi connectivity index (χ1v) is 11.0. The Kier molecular flexibility index (Phi) is 6.46. The third kappa shape index (κ3) is 5.02. The van der Waals surface area contributed by atoms with Gasteiger partial charge < -0.3 is 9.88 Å². The van der Waals surface area contributed by atoms with Gasteiger partial charge in [-0.2, -0.15) is 0 Å². The summed E-state index contributed by atoms with van der Waals surface area (Å²) < 4.78 is 2.25. The normalized spacial score (nSPS) is 12.1. The molecule has 1 heterocycles. The zero-order valence-corrected chi connectivity index (χ0v) is 18.2. The van der Waals surface area contributed by atoms with E-state index in [-0.39, 0.29) is 5.91 Å². The number of nitrogens with zero attached hydrogens (tertiary/aromatic N) is 2. The minimum Gasteiger partial charge on any atom is -0.349 e. The van der Waals surface area contributed by atoms with E-state index in [2.05, 4.69) is 54.1 Å². The van der Waals surface area contributed by atoms with E-state index in [1.165, 1.54) is 5.56 Å². The van der Waals surface area contributed by atoms with Crippen molar-refractivity contribution in [1.82, 2.24) is 14.9 Å². The molecule has 1 N–H and O–H groups in total. The number of hydrogen-bond donors (Lipinski definition) is 1. The van der Waals surface area contributed by atoms with E-state index in [0.29, 0.717) is 18.9 Å². The highest BCUT2D eigenvalue weighted by Crippen LogP contribution is 2.20. The number of fused-ring (bicyclic) bond motifs is 1. The number of imidazole rings is 1. The molecule has 0 radical (unpaired) electrons. The zero-order valence-electron chi connectivity index (χ0n) is 18.2. The Bertz CT molecular complexity index is 1150. The fourth-order valence-corrected chi connectivity index (χ4v) is 3.78. The molecule has 0 fully saturated rings. The van der Waals surface area contributed by atoms with E-state index in [4.69, 9.17) is 4.98 Å². The summed E-state index contributed by atoms with van der Waals surface area (Å²) in [5, 5.41) is 3.06. The molecule has 1 atom stereocenters. The SMILES string of the molecule is CCC(C)Cn1c(CNC(=O)Cc2ccc(-c3ccccc3)cc2)nc2ccccc21. The van der Waals surface area contributed by atoms with Crippen molar-refractivity contribution in [3.8, 4) is 11.1 Å². The van der Waals surface area contributed by atoms with Crippen LogP contribution in [0.5, 0.6) is 0 Å². The number of para-hydroxylation sites is 2. The molecule has 1 unspecified atom stereocenters. The first kappa shape index (κ1) is 20.9. The van der Waals surface area contributed by atoms with Crippen LogP contribution in [-0.4, -0.2) is 15.5 Å². The third-order valence-electron chi connectivity index (χ3n) is 5.79. The lowest BCUT2D eigenvalue weighted by Gasteiger charge is -2.14. The molecule has 0 bridgehead atoms. The molecule has 0 aliphatic heterocycles. The lowest BCUT2D eigenvalue weighted by atomic mass is 10.0. The molecule has 1 aromatic heterocycles. The minimum atomic E-state index is 0.00890. The predicted octanol–water partition coefficient (Wildman–Crippen LogP) is 5.61. The molecule has 3 aromatic carbocycles. The summed E-state index contributed by atoms with van der Waals surface area (Å²) in [5.74, 6) is 1.47. The average molecular weight is 412 g/mol. The fourth-order valence-electron chi connectivity index (χ4n) is 3.78. The van der Waals surface area contributed by atoms with Crippen LogP contribution in [0, 0.1) is 5.92 Å². The van der Waals surface area contributed by atoms with Crippen LogP contribution in [-0.2, 0) is 24.3 Å². The highest BCUT2D eigenvalue weighted by Gasteiger charge is 2.13. The van der Waals surface area contributed by atoms with Crippen molar-refractivity contribution in [2.75, 3.05) is 0 Å². The molecule has 0 saturated carbocycles. The van der Waals surface area contributed by atoms with Gasteiger partial charge in [-0.05, 0) is 34.7 Å². The van der Waals surface area contributed by atoms with Gasteiger partial charge in [-0.3, -0.25) is 4.79 Å². The van der Waals surface area contributed by atoms with Crippen LogP contribution in [0.25, 0.3) is 22.2 Å². The van der Waals surface area contributed by atoms with E-state index in [0.717, 1.165) is 41.0 Å². The first-order chi connectivity index (χ1) is 15.1. The molecule has 158 valence electrons. The Morgan fingerprint density at radius 3 is 2.35 bits per heavy atom. The molecule has 31 heavy (non-hydrogen) atoms. The summed E-state index contributed by atoms with van der Waals surface area (Å²) in [6, 6.07) is 26.6. The molecule has 0 spiro atoms. The molecular weight excluding hydrogens is 382 g/mol. The number of hydrogen-bond acceptors (Lipinski definition) is 2. The molecule has 0 saturated heterocycles. The van der Waals surface area contributed by atoms with Crippen LogP contribution < -0.4 is 5.32 Å². The summed E-state index contributed by atoms with van der Waals surface area (Å²) in [6.07, 6.45) is 1.47. The lowest BCUT2D eigenvalue weighted by Crippen LogP contribution is -2.26. The second-order valence-corrected chi connectivity index (χ2v) is 8.16. The number of nitrogens with one attached hydrogen (secondary N) is 1. The standard InChI is InChI=1S/C27H29N3O/c1-3-20(2)19-30-25-12-8-7-11-24(25)29-26(30)18-28-27(31)17-21-13-15-23(16-14-21)22-9-5-4-6-10-22/h4-16,20H,3,17-19H2,1-2H3,(H,28,31). The van der Waals surface area contributed by atoms with Gasteiger partial charge in [0.05, 0.1) is 24.0 Å². The van der Waals surface area contributed by atoms with Gasteiger partial charge in [-0.1, -0.05) is 87.0 Å². The molecule has 4 aromatic rings. The third-order valence-corrected chi connectivity index (χ3v) is 5.79. The highest BCUT2D eigenvalue weighted by molar-refractivity contribution is 5.79. The van der Waals surface area contributed by atoms with Crippen molar-refractivity contribution in [3.05, 3.63) is 90.3 Å². The van der Waals surface area contributed by atoms with Crippen molar-refractivity contribution < 1.29 is 4.79 Å². The minimum absolute atomic E-state index is 0.00890. The van der Waals surface area contributed by atoms with Crippen molar-refractivity contribution in [1.29, 1.82) is 0 Å². The van der Waals surface area contributed by atoms with E-state index < -0.39 is 0 Å². The van der Waals surface area contributed by atoms with Gasteiger partial charge in [-0.15, -0.1) is 0 Å². The van der Waals surface area contributed by atoms with E-state index in [9.17, 15) is 4.79 Å². The van der Waals surface area contributed by atoms with Gasteiger partial charge >= 0.3 is 0 Å². The predicted molar refractivity (Wildman–Crippen MR) is 127 cm³/mol. The zero-order chi connectivity index (χ0) is 21.6. The maximum atomic E-state index is 12.6. The number of rotatable bonds is 8. The summed E-state index contributed by atoms with van der Waals surface area (Å²) >= 11 is 0. The van der Waals surface area contributed by atoms with Crippen molar-refractivity contribution in [3.63, 3.8) is 0 Å². The molecule has 0 aliphatic rings. The molecule has 4 rings (SSSR count). The Labute approximate surface area is 183 Å². The van der Waals surface area contributed by atoms with Crippen LogP contribution in [0.4, 0.5) is 0 Å². The number of benzene rings is 3. The quantitative estimate of drug-likeness (QED) is 0.410. The highest BCUT2D eigenvalue weighted by atomic mass is 16.1. The maximum Gasteiger partial charge on any atom is 0.224 e. The largest absolute Gasteiger partial charge is 0.349 e. The lowest BCUT2D eigenvalue weighted by molar-refractivity contribution is -0.120. The van der Waals surface area contributed by atoms with Crippen molar-refractivity contribution in [2.45, 2.75) is 39.8 Å². The van der Waals surface area contributed by atoms with Gasteiger partial charge in [0.2, 0.25) is 5.91 Å². The van der Waals surface area contributed by atoms with Gasteiger partial charge in [-0.25, -0.2) is 4.98 Å². The van der Waals surface area contributed by atoms with Gasteiger partial charge in [0.25, 0.3) is 0 Å². The Hall–Kier alpha value is -3.40. The molecular formula is C27H29N3O. The Morgan fingerprint density at radius 2 is 1.61 bits per heavy atom. The maximum absolute atomic E-state index is 12.6. The summed E-state index contributed by atoms with van der Waals surface area (Å²) in [7, 11) is 0. The van der Waals surface area contributed by atoms with Crippen LogP contribution >= 0.6 is 0 Å². The summed E-state index contributed by atoms with van der Waals surface area (Å²) in [5.41, 5.74) is 5.45. The first-order valence-electron chi connectivity index (χ1n) is 11.0. The number of carbonyl (C=O) groups is 1. The van der Waals surface area contributed by atoms with Crippen LogP contribution in [0.1, 0.15) is 31.7 Å². The van der Waals surface area contributed by atoms with Gasteiger partial charge in [0.15, 0.2) is 0 Å². The van der Waals surface area contributed by atoms with Crippen LogP contribution in [0.15, 0.2) is 78.9 Å². The van der Waals surface area contributed by atoms with Crippen molar-refractivity contribution in [2.24, 2.45) is 5.92 Å². The number of carbonyl (C=O) groups excluding carboxylic acids is 1. The van der Waals surface area contributed by atoms with Gasteiger partial charge in [0, 0.05) is 6.54 Å². The fraction of sp³-hybridized carbons (Fsp3) is 0.259. The topological polar surface area (TPSA) is 46.9 Å². The smallest absolute Gasteiger partial charge is 0.224 e. The second kappa shape index (κ2) is 9.61. The average Bonchev–Trinajstić information content (AvgIpc) is 3.16. The number of aromatic nitrogens is 2. The van der Waals surface area contributed by atoms with Crippen LogP contribution in [0.3, 0.4) is 0 Å². The van der Waals surface area contributed by atoms with E-state index in [1.54, 1.807) is 0 Å². The second-order valence-electron chi connectivity index (χ2n) is 8.16. The van der Waals surface area contributed by atoms with E-state index >= 15 is 0 Å². The molecule has 4 heteroatoms.